The highest BCUT2D eigenvalue weighted by Crippen LogP contribution is 2.50. The van der Waals surface area contributed by atoms with Crippen LogP contribution in [0.5, 0.6) is 0 Å². The van der Waals surface area contributed by atoms with Crippen molar-refractivity contribution in [2.75, 3.05) is 13.6 Å². The van der Waals surface area contributed by atoms with Crippen LogP contribution < -0.4 is 5.32 Å². The summed E-state index contributed by atoms with van der Waals surface area (Å²) in [5.41, 5.74) is 1.47. The molecule has 0 aromatic heterocycles. The topological polar surface area (TPSA) is 12.0 Å². The van der Waals surface area contributed by atoms with Crippen molar-refractivity contribution in [1.29, 1.82) is 0 Å². The summed E-state index contributed by atoms with van der Waals surface area (Å²) >= 11 is 3.59. The molecule has 20 heavy (non-hydrogen) atoms. The van der Waals surface area contributed by atoms with E-state index in [4.69, 9.17) is 0 Å². The number of hydrogen-bond donors (Lipinski definition) is 1. The SMILES string of the molecule is CNCC(Cc1cccc(Br)c1)CC1CC2CCC1C2. The van der Waals surface area contributed by atoms with E-state index in [1.807, 2.05) is 0 Å². The van der Waals surface area contributed by atoms with Crippen molar-refractivity contribution in [1.82, 2.24) is 5.32 Å². The van der Waals surface area contributed by atoms with E-state index in [0.717, 1.165) is 30.2 Å². The van der Waals surface area contributed by atoms with Crippen LogP contribution in [0.2, 0.25) is 0 Å². The standard InChI is InChI=1S/C18H26BrN/c1-20-12-15(7-13-3-2-4-18(19)11-13)10-17-9-14-5-6-16(17)8-14/h2-4,11,14-17,20H,5-10,12H2,1H3. The van der Waals surface area contributed by atoms with Crippen LogP contribution >= 0.6 is 15.9 Å². The zero-order valence-electron chi connectivity index (χ0n) is 12.4. The summed E-state index contributed by atoms with van der Waals surface area (Å²) in [4.78, 5) is 0. The second-order valence-corrected chi connectivity index (χ2v) is 7.84. The summed E-state index contributed by atoms with van der Waals surface area (Å²) in [6, 6.07) is 8.83. The Morgan fingerprint density at radius 3 is 2.85 bits per heavy atom. The molecule has 1 aromatic carbocycles. The average Bonchev–Trinajstić information content (AvgIpc) is 3.01. The van der Waals surface area contributed by atoms with Crippen LogP contribution in [0.1, 0.15) is 37.7 Å². The molecule has 2 bridgehead atoms. The van der Waals surface area contributed by atoms with Gasteiger partial charge in [0.2, 0.25) is 0 Å². The Balaban J connectivity index is 1.60. The van der Waals surface area contributed by atoms with E-state index in [1.165, 1.54) is 48.6 Å². The van der Waals surface area contributed by atoms with Crippen molar-refractivity contribution in [3.63, 3.8) is 0 Å². The van der Waals surface area contributed by atoms with E-state index in [-0.39, 0.29) is 0 Å². The van der Waals surface area contributed by atoms with Crippen molar-refractivity contribution in [2.45, 2.75) is 38.5 Å². The molecule has 0 spiro atoms. The normalized spacial score (nSPS) is 29.8. The lowest BCUT2D eigenvalue weighted by Crippen LogP contribution is -2.25. The Morgan fingerprint density at radius 1 is 1.30 bits per heavy atom. The van der Waals surface area contributed by atoms with Gasteiger partial charge in [0.15, 0.2) is 0 Å². The molecular formula is C18H26BrN. The van der Waals surface area contributed by atoms with Gasteiger partial charge in [-0.3, -0.25) is 0 Å². The van der Waals surface area contributed by atoms with E-state index in [1.54, 1.807) is 0 Å². The molecule has 1 aromatic rings. The van der Waals surface area contributed by atoms with Gasteiger partial charge in [-0.05, 0) is 87.1 Å². The van der Waals surface area contributed by atoms with Crippen molar-refractivity contribution < 1.29 is 0 Å². The van der Waals surface area contributed by atoms with Crippen molar-refractivity contribution in [3.05, 3.63) is 34.3 Å². The molecule has 3 rings (SSSR count). The van der Waals surface area contributed by atoms with Gasteiger partial charge in [-0.15, -0.1) is 0 Å². The van der Waals surface area contributed by atoms with E-state index in [2.05, 4.69) is 52.6 Å². The molecule has 4 atom stereocenters. The maximum absolute atomic E-state index is 3.59. The molecular weight excluding hydrogens is 310 g/mol. The molecule has 2 heteroatoms. The highest BCUT2D eigenvalue weighted by molar-refractivity contribution is 9.10. The van der Waals surface area contributed by atoms with Crippen molar-refractivity contribution in [2.24, 2.45) is 23.7 Å². The first-order valence-electron chi connectivity index (χ1n) is 8.13. The minimum Gasteiger partial charge on any atom is -0.319 e. The molecule has 2 fully saturated rings. The van der Waals surface area contributed by atoms with Crippen LogP contribution in [0.3, 0.4) is 0 Å². The summed E-state index contributed by atoms with van der Waals surface area (Å²) in [5.74, 6) is 3.94. The summed E-state index contributed by atoms with van der Waals surface area (Å²) in [6.07, 6.45) is 8.72. The predicted molar refractivity (Wildman–Crippen MR) is 88.8 cm³/mol. The number of fused-ring (bicyclic) bond motifs is 2. The number of nitrogens with one attached hydrogen (secondary N) is 1. The number of benzene rings is 1. The molecule has 1 N–H and O–H groups in total. The first kappa shape index (κ1) is 14.6. The lowest BCUT2D eigenvalue weighted by molar-refractivity contribution is 0.263. The van der Waals surface area contributed by atoms with Crippen LogP contribution in [-0.4, -0.2) is 13.6 Å². The van der Waals surface area contributed by atoms with Crippen LogP contribution in [0.25, 0.3) is 0 Å². The molecule has 1 nitrogen and oxygen atoms in total. The Labute approximate surface area is 131 Å². The van der Waals surface area contributed by atoms with Crippen LogP contribution in [0, 0.1) is 23.7 Å². The van der Waals surface area contributed by atoms with Crippen molar-refractivity contribution in [3.8, 4) is 0 Å². The maximum atomic E-state index is 3.59. The molecule has 0 saturated heterocycles. The lowest BCUT2D eigenvalue weighted by Gasteiger charge is -2.27. The fraction of sp³-hybridized carbons (Fsp3) is 0.667. The van der Waals surface area contributed by atoms with E-state index < -0.39 is 0 Å². The summed E-state index contributed by atoms with van der Waals surface area (Å²) in [5, 5.41) is 3.41. The molecule has 2 saturated carbocycles. The fourth-order valence-corrected chi connectivity index (χ4v) is 5.06. The van der Waals surface area contributed by atoms with Gasteiger partial charge in [0, 0.05) is 4.47 Å². The van der Waals surface area contributed by atoms with Gasteiger partial charge in [0.1, 0.15) is 0 Å². The van der Waals surface area contributed by atoms with E-state index >= 15 is 0 Å². The van der Waals surface area contributed by atoms with Crippen LogP contribution in [0.15, 0.2) is 28.7 Å². The zero-order chi connectivity index (χ0) is 13.9. The van der Waals surface area contributed by atoms with Gasteiger partial charge in [-0.25, -0.2) is 0 Å². The molecule has 0 radical (unpaired) electrons. The van der Waals surface area contributed by atoms with E-state index in [0.29, 0.717) is 0 Å². The summed E-state index contributed by atoms with van der Waals surface area (Å²) in [7, 11) is 2.09. The smallest absolute Gasteiger partial charge is 0.0177 e. The first-order valence-corrected chi connectivity index (χ1v) is 8.93. The third kappa shape index (κ3) is 3.46. The minimum atomic E-state index is 0.790. The quantitative estimate of drug-likeness (QED) is 0.797. The van der Waals surface area contributed by atoms with Gasteiger partial charge in [0.25, 0.3) is 0 Å². The van der Waals surface area contributed by atoms with E-state index in [9.17, 15) is 0 Å². The van der Waals surface area contributed by atoms with Crippen molar-refractivity contribution >= 4 is 15.9 Å². The molecule has 0 heterocycles. The lowest BCUT2D eigenvalue weighted by atomic mass is 9.80. The number of rotatable bonds is 6. The molecule has 2 aliphatic carbocycles. The fourth-order valence-electron chi connectivity index (χ4n) is 4.62. The third-order valence-corrected chi connectivity index (χ3v) is 5.92. The molecule has 110 valence electrons. The van der Waals surface area contributed by atoms with Gasteiger partial charge >= 0.3 is 0 Å². The van der Waals surface area contributed by atoms with Gasteiger partial charge in [-0.2, -0.15) is 0 Å². The molecule has 0 amide bonds. The highest BCUT2D eigenvalue weighted by atomic mass is 79.9. The Morgan fingerprint density at radius 2 is 2.20 bits per heavy atom. The third-order valence-electron chi connectivity index (χ3n) is 5.43. The van der Waals surface area contributed by atoms with Gasteiger partial charge < -0.3 is 5.32 Å². The Bertz CT molecular complexity index is 445. The van der Waals surface area contributed by atoms with Gasteiger partial charge in [-0.1, -0.05) is 34.5 Å². The van der Waals surface area contributed by atoms with Crippen LogP contribution in [0.4, 0.5) is 0 Å². The Kier molecular flexibility index (Phi) is 4.83. The number of halogens is 1. The average molecular weight is 336 g/mol. The predicted octanol–water partition coefficient (Wildman–Crippen LogP) is 4.65. The highest BCUT2D eigenvalue weighted by Gasteiger charge is 2.39. The summed E-state index contributed by atoms with van der Waals surface area (Å²) in [6.45, 7) is 1.15. The minimum absolute atomic E-state index is 0.790. The summed E-state index contributed by atoms with van der Waals surface area (Å²) < 4.78 is 1.21. The first-order chi connectivity index (χ1) is 9.74. The molecule has 2 aliphatic rings. The number of hydrogen-bond acceptors (Lipinski definition) is 1. The maximum Gasteiger partial charge on any atom is 0.0177 e. The zero-order valence-corrected chi connectivity index (χ0v) is 14.0. The van der Waals surface area contributed by atoms with Crippen LogP contribution in [-0.2, 0) is 6.42 Å². The second kappa shape index (κ2) is 6.62. The Hall–Kier alpha value is -0.340. The molecule has 4 unspecified atom stereocenters. The monoisotopic (exact) mass is 335 g/mol. The largest absolute Gasteiger partial charge is 0.319 e. The molecule has 0 aliphatic heterocycles. The second-order valence-electron chi connectivity index (χ2n) is 6.93. The van der Waals surface area contributed by atoms with Gasteiger partial charge in [0.05, 0.1) is 0 Å².